The van der Waals surface area contributed by atoms with Crippen LogP contribution in [-0.4, -0.2) is 83.2 Å². The van der Waals surface area contributed by atoms with Crippen LogP contribution in [0.15, 0.2) is 16.4 Å². The number of carboxylic acid groups (broad SMARTS) is 1. The van der Waals surface area contributed by atoms with E-state index in [1.165, 1.54) is 18.9 Å². The lowest BCUT2D eigenvalue weighted by Crippen LogP contribution is -2.71. The zero-order valence-corrected chi connectivity index (χ0v) is 15.4. The number of Topliss-reactive ketones (excluding diaryl/α,β-unsaturated/α-hetero) is 1. The molecule has 2 atom stereocenters. The van der Waals surface area contributed by atoms with Crippen molar-refractivity contribution in [1.29, 1.82) is 0 Å². The van der Waals surface area contributed by atoms with E-state index < -0.39 is 46.6 Å². The van der Waals surface area contributed by atoms with Crippen molar-refractivity contribution in [3.05, 3.63) is 11.3 Å². The number of hydrogen-bond acceptors (Lipinski definition) is 8. The molecule has 2 aliphatic rings. The van der Waals surface area contributed by atoms with Crippen LogP contribution >= 0.6 is 23.4 Å². The van der Waals surface area contributed by atoms with Crippen molar-refractivity contribution in [2.24, 2.45) is 5.16 Å². The third kappa shape index (κ3) is 3.69. The fourth-order valence-corrected chi connectivity index (χ4v) is 4.01. The Kier molecular flexibility index (Phi) is 6.62. The fraction of sp³-hybridized carbons (Fsp3) is 0.500. The number of amides is 2. The van der Waals surface area contributed by atoms with Crippen LogP contribution in [0.3, 0.4) is 0 Å². The topological polar surface area (TPSA) is 135 Å². The molecule has 0 spiro atoms. The number of carboxylic acids is 1. The van der Waals surface area contributed by atoms with E-state index in [9.17, 15) is 24.3 Å². The number of nitrogens with zero attached hydrogens (tertiary/aromatic N) is 2. The fourth-order valence-electron chi connectivity index (χ4n) is 2.55. The highest BCUT2D eigenvalue weighted by Gasteiger charge is 2.54. The van der Waals surface area contributed by atoms with Crippen LogP contribution in [0.4, 0.5) is 0 Å². The van der Waals surface area contributed by atoms with Gasteiger partial charge in [-0.3, -0.25) is 19.3 Å². The molecule has 2 heterocycles. The number of aliphatic carboxylic acids is 1. The van der Waals surface area contributed by atoms with Gasteiger partial charge in [0.15, 0.2) is 0 Å². The lowest BCUT2D eigenvalue weighted by molar-refractivity contribution is -0.150. The molecule has 2 amide bonds. The Balaban J connectivity index is 2.18. The molecule has 0 aromatic carbocycles. The summed E-state index contributed by atoms with van der Waals surface area (Å²) >= 11 is 6.70. The van der Waals surface area contributed by atoms with Crippen molar-refractivity contribution >= 4 is 52.6 Å². The van der Waals surface area contributed by atoms with Gasteiger partial charge in [-0.25, -0.2) is 4.79 Å². The number of thioether (sulfide) groups is 1. The van der Waals surface area contributed by atoms with Gasteiger partial charge in [-0.2, -0.15) is 0 Å². The molecule has 2 aliphatic heterocycles. The van der Waals surface area contributed by atoms with Crippen LogP contribution in [0, 0.1) is 0 Å². The summed E-state index contributed by atoms with van der Waals surface area (Å²) in [5, 5.41) is 14.5. The molecule has 12 heteroatoms. The molecule has 2 unspecified atom stereocenters. The Bertz CT molecular complexity index is 709. The average Bonchev–Trinajstić information content (AvgIpc) is 2.62. The van der Waals surface area contributed by atoms with Crippen LogP contribution in [0.5, 0.6) is 0 Å². The number of nitrogens with one attached hydrogen (secondary N) is 1. The molecular weight excluding hydrogens is 390 g/mol. The van der Waals surface area contributed by atoms with Gasteiger partial charge >= 0.3 is 5.97 Å². The molecule has 0 saturated carbocycles. The smallest absolute Gasteiger partial charge is 0.352 e. The Morgan fingerprint density at radius 1 is 1.42 bits per heavy atom. The first-order valence-electron chi connectivity index (χ1n) is 7.27. The second-order valence-electron chi connectivity index (χ2n) is 5.23. The molecule has 1 saturated heterocycles. The van der Waals surface area contributed by atoms with Crippen molar-refractivity contribution in [3.8, 4) is 0 Å². The normalized spacial score (nSPS) is 22.5. The van der Waals surface area contributed by atoms with Gasteiger partial charge in [0.25, 0.3) is 11.8 Å². The SMILES string of the molecule is COCC1=C(C(=O)O)N2C(=O)C(NC(=O)/C(=N\OC)C(=O)CCl)C2SC1. The van der Waals surface area contributed by atoms with Crippen molar-refractivity contribution in [3.63, 3.8) is 0 Å². The molecule has 0 aromatic rings. The average molecular weight is 406 g/mol. The van der Waals surface area contributed by atoms with Crippen molar-refractivity contribution in [1.82, 2.24) is 10.2 Å². The van der Waals surface area contributed by atoms with Crippen molar-refractivity contribution < 1.29 is 33.9 Å². The Morgan fingerprint density at radius 2 is 2.12 bits per heavy atom. The first-order valence-corrected chi connectivity index (χ1v) is 8.85. The van der Waals surface area contributed by atoms with E-state index in [1.807, 2.05) is 0 Å². The van der Waals surface area contributed by atoms with Gasteiger partial charge in [0, 0.05) is 12.9 Å². The number of fused-ring (bicyclic) bond motifs is 1. The highest BCUT2D eigenvalue weighted by atomic mass is 35.5. The highest BCUT2D eigenvalue weighted by molar-refractivity contribution is 8.00. The van der Waals surface area contributed by atoms with Crippen LogP contribution in [0.25, 0.3) is 0 Å². The van der Waals surface area contributed by atoms with E-state index in [1.54, 1.807) is 0 Å². The predicted octanol–water partition coefficient (Wildman–Crippen LogP) is -0.818. The number of β-lactam (4-membered cyclic amide) rings is 1. The zero-order valence-electron chi connectivity index (χ0n) is 13.9. The Labute approximate surface area is 157 Å². The lowest BCUT2D eigenvalue weighted by atomic mass is 10.0. The zero-order chi connectivity index (χ0) is 19.4. The molecule has 1 fully saturated rings. The summed E-state index contributed by atoms with van der Waals surface area (Å²) in [4.78, 5) is 53.3. The summed E-state index contributed by atoms with van der Waals surface area (Å²) < 4.78 is 4.97. The molecule has 142 valence electrons. The minimum atomic E-state index is -1.25. The maximum atomic E-state index is 12.4. The van der Waals surface area contributed by atoms with E-state index >= 15 is 0 Å². The summed E-state index contributed by atoms with van der Waals surface area (Å²) in [5.41, 5.74) is -0.240. The van der Waals surface area contributed by atoms with Gasteiger partial charge in [0.2, 0.25) is 11.5 Å². The van der Waals surface area contributed by atoms with Gasteiger partial charge in [0.1, 0.15) is 24.2 Å². The van der Waals surface area contributed by atoms with Gasteiger partial charge in [0.05, 0.1) is 12.5 Å². The number of ketones is 1. The molecule has 2 rings (SSSR count). The number of oxime groups is 1. The van der Waals surface area contributed by atoms with E-state index in [-0.39, 0.29) is 12.3 Å². The summed E-state index contributed by atoms with van der Waals surface area (Å²) in [6, 6.07) is -0.990. The van der Waals surface area contributed by atoms with E-state index in [0.717, 1.165) is 12.0 Å². The second kappa shape index (κ2) is 8.52. The van der Waals surface area contributed by atoms with Gasteiger partial charge in [-0.1, -0.05) is 5.16 Å². The van der Waals surface area contributed by atoms with E-state index in [4.69, 9.17) is 16.3 Å². The number of carbonyl (C=O) groups excluding carboxylic acids is 3. The van der Waals surface area contributed by atoms with E-state index in [0.29, 0.717) is 11.3 Å². The Hall–Kier alpha value is -2.11. The molecule has 0 bridgehead atoms. The maximum Gasteiger partial charge on any atom is 0.352 e. The summed E-state index contributed by atoms with van der Waals surface area (Å²) in [5.74, 6) is -3.68. The second-order valence-corrected chi connectivity index (χ2v) is 6.60. The number of carbonyl (C=O) groups is 4. The number of methoxy groups -OCH3 is 1. The van der Waals surface area contributed by atoms with Gasteiger partial charge in [-0.15, -0.1) is 23.4 Å². The van der Waals surface area contributed by atoms with Crippen molar-refractivity contribution in [2.45, 2.75) is 11.4 Å². The Morgan fingerprint density at radius 3 is 2.65 bits per heavy atom. The molecule has 26 heavy (non-hydrogen) atoms. The first-order chi connectivity index (χ1) is 12.4. The minimum Gasteiger partial charge on any atom is -0.477 e. The largest absolute Gasteiger partial charge is 0.477 e. The van der Waals surface area contributed by atoms with Crippen LogP contribution in [0.1, 0.15) is 0 Å². The summed E-state index contributed by atoms with van der Waals surface area (Å²) in [7, 11) is 2.58. The number of rotatable bonds is 8. The van der Waals surface area contributed by atoms with Crippen LogP contribution in [0.2, 0.25) is 0 Å². The molecule has 0 aromatic heterocycles. The van der Waals surface area contributed by atoms with Crippen LogP contribution < -0.4 is 5.32 Å². The minimum absolute atomic E-state index is 0.0804. The predicted molar refractivity (Wildman–Crippen MR) is 91.7 cm³/mol. The third-order valence-electron chi connectivity index (χ3n) is 3.64. The summed E-state index contributed by atoms with van der Waals surface area (Å²) in [6.07, 6.45) is 0. The number of ether oxygens (including phenoxy) is 1. The summed E-state index contributed by atoms with van der Waals surface area (Å²) in [6.45, 7) is 0.0804. The number of halogens is 1. The van der Waals surface area contributed by atoms with Crippen LogP contribution in [-0.2, 0) is 28.8 Å². The maximum absolute atomic E-state index is 12.4. The van der Waals surface area contributed by atoms with E-state index in [2.05, 4.69) is 15.3 Å². The standard InChI is InChI=1S/C14H16ClN3O7S/c1-24-4-6-5-26-13-9(12(21)18(13)10(6)14(22)23)16-11(20)8(17-25-2)7(19)3-15/h9,13H,3-5H2,1-2H3,(H,16,20)(H,22,23)/b17-8-. The number of hydrogen-bond donors (Lipinski definition) is 2. The molecule has 0 aliphatic carbocycles. The molecule has 10 nitrogen and oxygen atoms in total. The van der Waals surface area contributed by atoms with Gasteiger partial charge in [-0.05, 0) is 5.57 Å². The molecule has 0 radical (unpaired) electrons. The highest BCUT2D eigenvalue weighted by Crippen LogP contribution is 2.40. The monoisotopic (exact) mass is 405 g/mol. The first kappa shape index (κ1) is 20.2. The molecular formula is C14H16ClN3O7S. The molecule has 2 N–H and O–H groups in total. The lowest BCUT2D eigenvalue weighted by Gasteiger charge is -2.49. The van der Waals surface area contributed by atoms with Gasteiger partial charge < -0.3 is 20.0 Å². The third-order valence-corrected chi connectivity index (χ3v) is 5.22. The quantitative estimate of drug-likeness (QED) is 0.176. The number of alkyl halides is 1. The van der Waals surface area contributed by atoms with Crippen molar-refractivity contribution in [2.75, 3.05) is 32.5 Å².